The molecule has 2 aliphatic rings. The van der Waals surface area contributed by atoms with Crippen LogP contribution in [0.3, 0.4) is 0 Å². The molecule has 152 valence electrons. The van der Waals surface area contributed by atoms with E-state index in [1.165, 1.54) is 39.1 Å². The van der Waals surface area contributed by atoms with Crippen molar-refractivity contribution in [3.8, 4) is 0 Å². The summed E-state index contributed by atoms with van der Waals surface area (Å²) in [5, 5.41) is 0. The fourth-order valence-corrected chi connectivity index (χ4v) is 5.40. The molecular formula is C27H28N2S. The Morgan fingerprint density at radius 3 is 2.67 bits per heavy atom. The Morgan fingerprint density at radius 2 is 1.93 bits per heavy atom. The Balaban J connectivity index is 1.61. The van der Waals surface area contributed by atoms with Crippen LogP contribution in [0.5, 0.6) is 0 Å². The number of hydrogen-bond acceptors (Lipinski definition) is 3. The minimum absolute atomic E-state index is 0.458. The van der Waals surface area contributed by atoms with E-state index in [0.717, 1.165) is 37.2 Å². The van der Waals surface area contributed by atoms with Gasteiger partial charge in [-0.1, -0.05) is 48.9 Å². The lowest BCUT2D eigenvalue weighted by atomic mass is 9.82. The largest absolute Gasteiger partial charge is 0.366 e. The first kappa shape index (κ1) is 19.4. The maximum Gasteiger partial charge on any atom is 0.0445 e. The summed E-state index contributed by atoms with van der Waals surface area (Å²) in [5.41, 5.74) is 11.3. The molecule has 1 atom stereocenters. The molecule has 0 spiro atoms. The molecule has 0 N–H and O–H groups in total. The van der Waals surface area contributed by atoms with Crippen molar-refractivity contribution >= 4 is 18.3 Å². The van der Waals surface area contributed by atoms with E-state index in [4.69, 9.17) is 12.6 Å². The van der Waals surface area contributed by atoms with Gasteiger partial charge in [0.05, 0.1) is 0 Å². The third-order valence-corrected chi connectivity index (χ3v) is 7.04. The first-order valence-corrected chi connectivity index (χ1v) is 11.4. The molecule has 0 fully saturated rings. The third-order valence-electron chi connectivity index (χ3n) is 6.62. The topological polar surface area (TPSA) is 16.1 Å². The molecule has 0 bridgehead atoms. The highest BCUT2D eigenvalue weighted by molar-refractivity contribution is 7.80. The van der Waals surface area contributed by atoms with E-state index in [2.05, 4.69) is 66.2 Å². The molecule has 1 aliphatic heterocycles. The van der Waals surface area contributed by atoms with Crippen molar-refractivity contribution in [1.29, 1.82) is 0 Å². The minimum Gasteiger partial charge on any atom is -0.366 e. The molecule has 1 aliphatic carbocycles. The van der Waals surface area contributed by atoms with Crippen LogP contribution in [-0.4, -0.2) is 16.4 Å². The predicted molar refractivity (Wildman–Crippen MR) is 127 cm³/mol. The quantitative estimate of drug-likeness (QED) is 0.514. The van der Waals surface area contributed by atoms with E-state index in [9.17, 15) is 0 Å². The van der Waals surface area contributed by atoms with E-state index in [1.807, 2.05) is 18.5 Å². The maximum absolute atomic E-state index is 4.82. The van der Waals surface area contributed by atoms with Gasteiger partial charge >= 0.3 is 0 Å². The number of rotatable bonds is 4. The van der Waals surface area contributed by atoms with Crippen LogP contribution in [0.2, 0.25) is 0 Å². The van der Waals surface area contributed by atoms with E-state index in [1.54, 1.807) is 5.57 Å². The van der Waals surface area contributed by atoms with Gasteiger partial charge < -0.3 is 4.90 Å². The van der Waals surface area contributed by atoms with Gasteiger partial charge in [-0.25, -0.2) is 0 Å². The molecule has 5 rings (SSSR count). The third kappa shape index (κ3) is 3.45. The summed E-state index contributed by atoms with van der Waals surface area (Å²) in [4.78, 5) is 8.04. The number of pyridine rings is 1. The van der Waals surface area contributed by atoms with E-state index < -0.39 is 0 Å². The highest BCUT2D eigenvalue weighted by atomic mass is 32.1. The molecule has 30 heavy (non-hydrogen) atoms. The van der Waals surface area contributed by atoms with Crippen molar-refractivity contribution < 1.29 is 0 Å². The Morgan fingerprint density at radius 1 is 1.10 bits per heavy atom. The molecule has 0 saturated carbocycles. The first-order chi connectivity index (χ1) is 14.6. The molecule has 2 heterocycles. The second kappa shape index (κ2) is 7.96. The van der Waals surface area contributed by atoms with Crippen LogP contribution in [0, 0.1) is 6.92 Å². The zero-order valence-corrected chi connectivity index (χ0v) is 18.6. The lowest BCUT2D eigenvalue weighted by Gasteiger charge is -2.28. The van der Waals surface area contributed by atoms with Crippen LogP contribution >= 0.6 is 12.6 Å². The smallest absolute Gasteiger partial charge is 0.0445 e. The van der Waals surface area contributed by atoms with Gasteiger partial charge in [0, 0.05) is 47.6 Å². The molecule has 1 unspecified atom stereocenters. The van der Waals surface area contributed by atoms with Crippen molar-refractivity contribution in [3.63, 3.8) is 0 Å². The Kier molecular flexibility index (Phi) is 5.16. The standard InChI is InChI=1S/C27H28N2S/c1-3-20-13-22-10-11-23-25(21-8-6-18(2)7-9-21)17-29(16-19-5-4-12-28-15-19)27(23)24(22)14-26(20)30/h4-9,12-15,25,30H,3,10-11,16-17H2,1-2H3. The summed E-state index contributed by atoms with van der Waals surface area (Å²) in [5.74, 6) is 0.458. The molecule has 0 radical (unpaired) electrons. The Bertz CT molecular complexity index is 1100. The van der Waals surface area contributed by atoms with Crippen LogP contribution in [0.4, 0.5) is 0 Å². The molecule has 0 amide bonds. The van der Waals surface area contributed by atoms with Crippen molar-refractivity contribution in [2.45, 2.75) is 50.5 Å². The molecular weight excluding hydrogens is 384 g/mol. The fourth-order valence-electron chi connectivity index (χ4n) is 5.05. The number of fused-ring (bicyclic) bond motifs is 2. The highest BCUT2D eigenvalue weighted by Gasteiger charge is 2.36. The number of nitrogens with zero attached hydrogens (tertiary/aromatic N) is 2. The fraction of sp³-hybridized carbons (Fsp3) is 0.296. The number of aryl methyl sites for hydroxylation is 3. The lowest BCUT2D eigenvalue weighted by Crippen LogP contribution is -2.21. The van der Waals surface area contributed by atoms with Crippen LogP contribution in [0.1, 0.15) is 52.6 Å². The van der Waals surface area contributed by atoms with Crippen LogP contribution in [-0.2, 0) is 19.4 Å². The van der Waals surface area contributed by atoms with Crippen molar-refractivity contribution in [2.75, 3.05) is 6.54 Å². The summed E-state index contributed by atoms with van der Waals surface area (Å²) < 4.78 is 0. The maximum atomic E-state index is 4.82. The van der Waals surface area contributed by atoms with Crippen LogP contribution in [0.15, 0.2) is 71.4 Å². The average molecular weight is 413 g/mol. The van der Waals surface area contributed by atoms with Crippen molar-refractivity contribution in [2.24, 2.45) is 0 Å². The van der Waals surface area contributed by atoms with Gasteiger partial charge in [-0.15, -0.1) is 12.6 Å². The van der Waals surface area contributed by atoms with Gasteiger partial charge in [-0.05, 0) is 66.1 Å². The van der Waals surface area contributed by atoms with Gasteiger partial charge in [0.2, 0.25) is 0 Å². The SMILES string of the molecule is CCc1cc2c(cc1S)C1=C(CC2)C(c2ccc(C)cc2)CN1Cc1cccnc1. The highest BCUT2D eigenvalue weighted by Crippen LogP contribution is 2.47. The average Bonchev–Trinajstić information content (AvgIpc) is 3.13. The first-order valence-electron chi connectivity index (χ1n) is 10.9. The van der Waals surface area contributed by atoms with Gasteiger partial charge in [-0.2, -0.15) is 0 Å². The second-order valence-electron chi connectivity index (χ2n) is 8.57. The Hall–Kier alpha value is -2.52. The van der Waals surface area contributed by atoms with Crippen LogP contribution < -0.4 is 0 Å². The predicted octanol–water partition coefficient (Wildman–Crippen LogP) is 6.20. The molecule has 2 nitrogen and oxygen atoms in total. The number of hydrogen-bond donors (Lipinski definition) is 1. The van der Waals surface area contributed by atoms with Gasteiger partial charge in [0.25, 0.3) is 0 Å². The molecule has 3 heteroatoms. The molecule has 1 aromatic heterocycles. The van der Waals surface area contributed by atoms with Crippen molar-refractivity contribution in [1.82, 2.24) is 9.88 Å². The molecule has 2 aromatic carbocycles. The van der Waals surface area contributed by atoms with E-state index in [0.29, 0.717) is 5.92 Å². The number of thiol groups is 1. The molecule has 0 saturated heterocycles. The summed E-state index contributed by atoms with van der Waals surface area (Å²) in [7, 11) is 0. The monoisotopic (exact) mass is 412 g/mol. The van der Waals surface area contributed by atoms with Crippen LogP contribution in [0.25, 0.3) is 5.70 Å². The van der Waals surface area contributed by atoms with Gasteiger partial charge in [0.1, 0.15) is 0 Å². The summed E-state index contributed by atoms with van der Waals surface area (Å²) in [6.45, 7) is 6.30. The van der Waals surface area contributed by atoms with Gasteiger partial charge in [0.15, 0.2) is 0 Å². The summed E-state index contributed by atoms with van der Waals surface area (Å²) in [6, 6.07) is 18.1. The summed E-state index contributed by atoms with van der Waals surface area (Å²) >= 11 is 4.82. The van der Waals surface area contributed by atoms with Gasteiger partial charge in [-0.3, -0.25) is 4.98 Å². The van der Waals surface area contributed by atoms with Crippen molar-refractivity contribution in [3.05, 3.63) is 99.9 Å². The normalized spacial score (nSPS) is 17.8. The zero-order chi connectivity index (χ0) is 20.7. The van der Waals surface area contributed by atoms with E-state index in [-0.39, 0.29) is 0 Å². The summed E-state index contributed by atoms with van der Waals surface area (Å²) in [6.07, 6.45) is 7.14. The lowest BCUT2D eigenvalue weighted by molar-refractivity contribution is 0.403. The second-order valence-corrected chi connectivity index (χ2v) is 9.05. The molecule has 3 aromatic rings. The Labute approximate surface area is 185 Å². The zero-order valence-electron chi connectivity index (χ0n) is 17.7. The minimum atomic E-state index is 0.458. The van der Waals surface area contributed by atoms with E-state index >= 15 is 0 Å². The number of benzene rings is 2. The number of aromatic nitrogens is 1.